The summed E-state index contributed by atoms with van der Waals surface area (Å²) in [6.45, 7) is 0. The monoisotopic (exact) mass is 157 g/mol. The van der Waals surface area contributed by atoms with Gasteiger partial charge >= 0.3 is 0 Å². The zero-order valence-electron chi connectivity index (χ0n) is 3.63. The van der Waals surface area contributed by atoms with Gasteiger partial charge in [-0.15, -0.1) is 0 Å². The number of rotatable bonds is 0. The molecule has 1 unspecified atom stereocenters. The van der Waals surface area contributed by atoms with Crippen LogP contribution in [0.1, 0.15) is 0 Å². The van der Waals surface area contributed by atoms with Crippen LogP contribution in [0.4, 0.5) is 0 Å². The van der Waals surface area contributed by atoms with Crippen LogP contribution >= 0.6 is 15.9 Å². The molecule has 0 spiro atoms. The number of halogens is 1. The van der Waals surface area contributed by atoms with Gasteiger partial charge in [0.2, 0.25) is 0 Å². The lowest BCUT2D eigenvalue weighted by Gasteiger charge is -1.91. The Balaban J connectivity index is 2.77. The molecule has 0 amide bonds. The van der Waals surface area contributed by atoms with Gasteiger partial charge in [0.25, 0.3) is 0 Å². The largest absolute Gasteiger partial charge is 0.215 e. The summed E-state index contributed by atoms with van der Waals surface area (Å²) < 4.78 is 0. The van der Waals surface area contributed by atoms with Crippen molar-refractivity contribution in [3.8, 4) is 0 Å². The van der Waals surface area contributed by atoms with Crippen molar-refractivity contribution in [1.29, 1.82) is 0 Å². The Labute approximate surface area is 50.6 Å². The molecule has 2 heteroatoms. The van der Waals surface area contributed by atoms with Crippen LogP contribution in [0.2, 0.25) is 0 Å². The summed E-state index contributed by atoms with van der Waals surface area (Å²) in [5, 5.41) is 0. The molecule has 7 heavy (non-hydrogen) atoms. The molecule has 0 N–H and O–H groups in total. The summed E-state index contributed by atoms with van der Waals surface area (Å²) in [5.41, 5.74) is 0. The van der Waals surface area contributed by atoms with Gasteiger partial charge in [-0.3, -0.25) is 0 Å². The average molecular weight is 158 g/mol. The summed E-state index contributed by atoms with van der Waals surface area (Å²) in [7, 11) is 0. The fourth-order valence-corrected chi connectivity index (χ4v) is 0.593. The van der Waals surface area contributed by atoms with Crippen molar-refractivity contribution in [2.75, 3.05) is 0 Å². The van der Waals surface area contributed by atoms with Gasteiger partial charge in [0.05, 0.1) is 4.83 Å². The van der Waals surface area contributed by atoms with E-state index in [9.17, 15) is 0 Å². The average Bonchev–Trinajstić information content (AvgIpc) is 1.69. The Morgan fingerprint density at radius 1 is 1.71 bits per heavy atom. The first-order valence-corrected chi connectivity index (χ1v) is 2.90. The maximum Gasteiger partial charge on any atom is 0.0613 e. The lowest BCUT2D eigenvalue weighted by Crippen LogP contribution is -1.86. The van der Waals surface area contributed by atoms with Gasteiger partial charge in [-0.05, 0) is 18.0 Å². The smallest absolute Gasteiger partial charge is 0.0613 e. The van der Waals surface area contributed by atoms with Gasteiger partial charge in [0, 0.05) is 6.20 Å². The molecule has 36 valence electrons. The molecule has 0 fully saturated rings. The zero-order valence-corrected chi connectivity index (χ0v) is 5.22. The molecule has 0 aliphatic carbocycles. The number of alkyl halides is 1. The van der Waals surface area contributed by atoms with E-state index >= 15 is 0 Å². The van der Waals surface area contributed by atoms with Gasteiger partial charge < -0.3 is 0 Å². The van der Waals surface area contributed by atoms with Crippen molar-refractivity contribution in [3.63, 3.8) is 0 Å². The summed E-state index contributed by atoms with van der Waals surface area (Å²) in [4.78, 5) is 4.05. The maximum absolute atomic E-state index is 3.71. The van der Waals surface area contributed by atoms with E-state index in [1.807, 2.05) is 12.2 Å². The predicted octanol–water partition coefficient (Wildman–Crippen LogP) is 1.50. The third-order valence-electron chi connectivity index (χ3n) is 0.653. The molecule has 1 atom stereocenters. The van der Waals surface area contributed by atoms with Crippen molar-refractivity contribution >= 4 is 21.8 Å². The second-order valence-corrected chi connectivity index (χ2v) is 2.27. The predicted molar refractivity (Wildman–Crippen MR) is 33.9 cm³/mol. The lowest BCUT2D eigenvalue weighted by atomic mass is 10.4. The van der Waals surface area contributed by atoms with E-state index < -0.39 is 0 Å². The number of nitrogens with zero attached hydrogens (tertiary/aromatic N) is 1. The fourth-order valence-electron chi connectivity index (χ4n) is 0.338. The van der Waals surface area contributed by atoms with Crippen LogP contribution in [-0.2, 0) is 0 Å². The normalized spacial score (nSPS) is 26.1. The van der Waals surface area contributed by atoms with Gasteiger partial charge in [-0.1, -0.05) is 15.9 Å². The molecule has 0 aromatic rings. The fraction of sp³-hybridized carbons (Fsp3) is 0.200. The molecule has 1 aliphatic heterocycles. The molecular formula is C5H4BrN. The van der Waals surface area contributed by atoms with E-state index in [-0.39, 0.29) is 0 Å². The first-order chi connectivity index (χ1) is 3.39. The van der Waals surface area contributed by atoms with E-state index in [1.165, 1.54) is 0 Å². The molecular weight excluding hydrogens is 154 g/mol. The molecule has 0 bridgehead atoms. The Bertz CT molecular complexity index is 142. The number of aliphatic imine (C=N–C) groups is 1. The van der Waals surface area contributed by atoms with Crippen LogP contribution in [0.25, 0.3) is 0 Å². The topological polar surface area (TPSA) is 12.4 Å². The summed E-state index contributed by atoms with van der Waals surface area (Å²) >= 11 is 3.32. The van der Waals surface area contributed by atoms with E-state index in [0.717, 1.165) is 0 Å². The van der Waals surface area contributed by atoms with Gasteiger partial charge in [0.15, 0.2) is 0 Å². The standard InChI is InChI=1S/C5H4BrN/c6-5-1-3-7-4-2-5/h1-3,5H. The minimum atomic E-state index is 0.338. The molecule has 0 radical (unpaired) electrons. The summed E-state index contributed by atoms with van der Waals surface area (Å²) in [6.07, 6.45) is 5.51. The van der Waals surface area contributed by atoms with E-state index in [4.69, 9.17) is 0 Å². The van der Waals surface area contributed by atoms with Crippen LogP contribution in [-0.4, -0.2) is 10.7 Å². The molecule has 1 aliphatic rings. The van der Waals surface area contributed by atoms with Gasteiger partial charge in [-0.2, -0.15) is 0 Å². The number of hydrogen-bond donors (Lipinski definition) is 0. The Hall–Kier alpha value is -0.330. The van der Waals surface area contributed by atoms with Crippen molar-refractivity contribution < 1.29 is 0 Å². The minimum absolute atomic E-state index is 0.338. The van der Waals surface area contributed by atoms with Crippen LogP contribution in [0.5, 0.6) is 0 Å². The van der Waals surface area contributed by atoms with Crippen LogP contribution < -0.4 is 0 Å². The first kappa shape index (κ1) is 4.82. The Morgan fingerprint density at radius 2 is 2.57 bits per heavy atom. The summed E-state index contributed by atoms with van der Waals surface area (Å²) in [5.74, 6) is 2.70. The molecule has 0 saturated carbocycles. The SMILES string of the molecule is BrC1C=C=NC=C1. The third kappa shape index (κ3) is 1.30. The van der Waals surface area contributed by atoms with Crippen molar-refractivity contribution in [1.82, 2.24) is 0 Å². The molecule has 0 aromatic heterocycles. The second kappa shape index (κ2) is 2.10. The van der Waals surface area contributed by atoms with Gasteiger partial charge in [-0.25, -0.2) is 4.99 Å². The Morgan fingerprint density at radius 3 is 2.86 bits per heavy atom. The molecule has 0 saturated heterocycles. The highest BCUT2D eigenvalue weighted by Gasteiger charge is 1.90. The quantitative estimate of drug-likeness (QED) is 0.473. The third-order valence-corrected chi connectivity index (χ3v) is 1.22. The van der Waals surface area contributed by atoms with E-state index in [2.05, 4.69) is 26.8 Å². The van der Waals surface area contributed by atoms with Crippen molar-refractivity contribution in [3.05, 3.63) is 18.4 Å². The van der Waals surface area contributed by atoms with Crippen molar-refractivity contribution in [2.45, 2.75) is 4.83 Å². The Kier molecular flexibility index (Phi) is 1.45. The maximum atomic E-state index is 3.71. The molecule has 1 heterocycles. The van der Waals surface area contributed by atoms with Crippen LogP contribution in [0, 0.1) is 0 Å². The lowest BCUT2D eigenvalue weighted by molar-refractivity contribution is 1.39. The van der Waals surface area contributed by atoms with Crippen LogP contribution in [0.15, 0.2) is 23.3 Å². The highest BCUT2D eigenvalue weighted by atomic mass is 79.9. The number of hydrogen-bond acceptors (Lipinski definition) is 1. The molecule has 0 aromatic carbocycles. The second-order valence-electron chi connectivity index (χ2n) is 1.21. The molecule has 1 nitrogen and oxygen atoms in total. The highest BCUT2D eigenvalue weighted by molar-refractivity contribution is 9.09. The minimum Gasteiger partial charge on any atom is -0.215 e. The van der Waals surface area contributed by atoms with Crippen LogP contribution in [0.3, 0.4) is 0 Å². The summed E-state index contributed by atoms with van der Waals surface area (Å²) in [6, 6.07) is 0. The van der Waals surface area contributed by atoms with Crippen molar-refractivity contribution in [2.24, 2.45) is 4.99 Å². The zero-order chi connectivity index (χ0) is 5.11. The van der Waals surface area contributed by atoms with Gasteiger partial charge in [0.1, 0.15) is 0 Å². The first-order valence-electron chi connectivity index (χ1n) is 1.99. The van der Waals surface area contributed by atoms with E-state index in [1.54, 1.807) is 6.20 Å². The molecule has 1 rings (SSSR count). The van der Waals surface area contributed by atoms with E-state index in [0.29, 0.717) is 4.83 Å². The highest BCUT2D eigenvalue weighted by Crippen LogP contribution is 2.02. The number of allylic oxidation sites excluding steroid dienone is 2.